The SMILES string of the molecule is CN=C(NCC(=O)N1CCCC1)N1CCN(C(C)(C)C(N)=O)CC1. The quantitative estimate of drug-likeness (QED) is 0.510. The number of carbonyl (C=O) groups excluding carboxylic acids is 2. The zero-order valence-corrected chi connectivity index (χ0v) is 15.0. The molecule has 0 aromatic heterocycles. The van der Waals surface area contributed by atoms with Crippen molar-refractivity contribution < 1.29 is 9.59 Å². The van der Waals surface area contributed by atoms with Gasteiger partial charge in [-0.15, -0.1) is 0 Å². The third-order valence-electron chi connectivity index (χ3n) is 5.04. The van der Waals surface area contributed by atoms with Crippen molar-refractivity contribution in [1.29, 1.82) is 0 Å². The normalized spacial score (nSPS) is 20.4. The zero-order chi connectivity index (χ0) is 17.7. The molecule has 8 nitrogen and oxygen atoms in total. The number of hydrogen-bond donors (Lipinski definition) is 2. The molecule has 2 aliphatic rings. The predicted octanol–water partition coefficient (Wildman–Crippen LogP) is -0.934. The van der Waals surface area contributed by atoms with Crippen LogP contribution in [0.3, 0.4) is 0 Å². The van der Waals surface area contributed by atoms with Gasteiger partial charge in [-0.25, -0.2) is 0 Å². The Balaban J connectivity index is 1.83. The number of rotatable bonds is 4. The molecule has 3 N–H and O–H groups in total. The smallest absolute Gasteiger partial charge is 0.241 e. The highest BCUT2D eigenvalue weighted by Crippen LogP contribution is 2.16. The topological polar surface area (TPSA) is 94.3 Å². The van der Waals surface area contributed by atoms with E-state index in [2.05, 4.69) is 20.1 Å². The minimum absolute atomic E-state index is 0.127. The molecule has 0 aromatic rings. The van der Waals surface area contributed by atoms with E-state index in [9.17, 15) is 9.59 Å². The van der Waals surface area contributed by atoms with Crippen LogP contribution in [0.15, 0.2) is 4.99 Å². The van der Waals surface area contributed by atoms with Crippen LogP contribution < -0.4 is 11.1 Å². The Kier molecular flexibility index (Phi) is 6.04. The van der Waals surface area contributed by atoms with Gasteiger partial charge in [0.1, 0.15) is 0 Å². The van der Waals surface area contributed by atoms with E-state index in [-0.39, 0.29) is 18.4 Å². The number of nitrogens with one attached hydrogen (secondary N) is 1. The maximum atomic E-state index is 12.1. The molecule has 8 heteroatoms. The Morgan fingerprint density at radius 1 is 1.04 bits per heavy atom. The van der Waals surface area contributed by atoms with Crippen LogP contribution in [-0.4, -0.2) is 90.9 Å². The fourth-order valence-corrected chi connectivity index (χ4v) is 3.20. The largest absolute Gasteiger partial charge is 0.368 e. The van der Waals surface area contributed by atoms with Crippen molar-refractivity contribution in [2.24, 2.45) is 10.7 Å². The summed E-state index contributed by atoms with van der Waals surface area (Å²) in [6.45, 7) is 8.66. The van der Waals surface area contributed by atoms with Crippen molar-refractivity contribution >= 4 is 17.8 Å². The molecule has 2 aliphatic heterocycles. The lowest BCUT2D eigenvalue weighted by Gasteiger charge is -2.43. The second-order valence-corrected chi connectivity index (χ2v) is 6.89. The molecule has 136 valence electrons. The summed E-state index contributed by atoms with van der Waals surface area (Å²) in [6, 6.07) is 0. The van der Waals surface area contributed by atoms with E-state index in [1.165, 1.54) is 0 Å². The highest BCUT2D eigenvalue weighted by atomic mass is 16.2. The Bertz CT molecular complexity index is 491. The molecule has 0 spiro atoms. The summed E-state index contributed by atoms with van der Waals surface area (Å²) < 4.78 is 0. The molecule has 2 amide bonds. The van der Waals surface area contributed by atoms with Gasteiger partial charge in [-0.3, -0.25) is 19.5 Å². The summed E-state index contributed by atoms with van der Waals surface area (Å²) in [7, 11) is 1.72. The molecule has 2 fully saturated rings. The number of guanidine groups is 1. The lowest BCUT2D eigenvalue weighted by molar-refractivity contribution is -0.130. The Labute approximate surface area is 144 Å². The van der Waals surface area contributed by atoms with Gasteiger partial charge in [-0.2, -0.15) is 0 Å². The fraction of sp³-hybridized carbons (Fsp3) is 0.812. The lowest BCUT2D eigenvalue weighted by Crippen LogP contribution is -2.61. The minimum atomic E-state index is -0.644. The van der Waals surface area contributed by atoms with Crippen LogP contribution in [0.2, 0.25) is 0 Å². The summed E-state index contributed by atoms with van der Waals surface area (Å²) in [5.41, 5.74) is 4.85. The van der Waals surface area contributed by atoms with E-state index in [1.807, 2.05) is 18.7 Å². The molecular weight excluding hydrogens is 308 g/mol. The lowest BCUT2D eigenvalue weighted by atomic mass is 10.0. The van der Waals surface area contributed by atoms with E-state index in [4.69, 9.17) is 5.73 Å². The maximum Gasteiger partial charge on any atom is 0.241 e. The number of aliphatic imine (C=N–C) groups is 1. The summed E-state index contributed by atoms with van der Waals surface area (Å²) in [4.78, 5) is 34.1. The van der Waals surface area contributed by atoms with E-state index in [0.717, 1.165) is 58.1 Å². The Morgan fingerprint density at radius 3 is 2.12 bits per heavy atom. The van der Waals surface area contributed by atoms with Gasteiger partial charge in [0.2, 0.25) is 11.8 Å². The number of primary amides is 1. The average molecular weight is 338 g/mol. The average Bonchev–Trinajstić information content (AvgIpc) is 3.10. The van der Waals surface area contributed by atoms with Crippen LogP contribution in [0.5, 0.6) is 0 Å². The van der Waals surface area contributed by atoms with Gasteiger partial charge in [0.05, 0.1) is 12.1 Å². The van der Waals surface area contributed by atoms with Crippen molar-refractivity contribution in [1.82, 2.24) is 20.0 Å². The minimum Gasteiger partial charge on any atom is -0.368 e. The van der Waals surface area contributed by atoms with E-state index in [0.29, 0.717) is 0 Å². The second-order valence-electron chi connectivity index (χ2n) is 6.89. The summed E-state index contributed by atoms with van der Waals surface area (Å²) in [5.74, 6) is 0.552. The number of piperazine rings is 1. The summed E-state index contributed by atoms with van der Waals surface area (Å²) in [6.07, 6.45) is 2.19. The molecule has 0 saturated carbocycles. The molecule has 2 saturated heterocycles. The molecule has 2 rings (SSSR count). The van der Waals surface area contributed by atoms with Gasteiger partial charge in [-0.1, -0.05) is 0 Å². The van der Waals surface area contributed by atoms with Crippen LogP contribution in [0.4, 0.5) is 0 Å². The van der Waals surface area contributed by atoms with Crippen molar-refractivity contribution in [3.63, 3.8) is 0 Å². The third-order valence-corrected chi connectivity index (χ3v) is 5.04. The highest BCUT2D eigenvalue weighted by molar-refractivity contribution is 5.87. The van der Waals surface area contributed by atoms with Crippen LogP contribution >= 0.6 is 0 Å². The molecule has 0 aromatic carbocycles. The third kappa shape index (κ3) is 4.17. The van der Waals surface area contributed by atoms with Gasteiger partial charge < -0.3 is 20.9 Å². The van der Waals surface area contributed by atoms with Crippen molar-refractivity contribution in [3.8, 4) is 0 Å². The van der Waals surface area contributed by atoms with Crippen molar-refractivity contribution in [2.75, 3.05) is 52.9 Å². The van der Waals surface area contributed by atoms with Gasteiger partial charge >= 0.3 is 0 Å². The van der Waals surface area contributed by atoms with E-state index >= 15 is 0 Å². The first-order valence-corrected chi connectivity index (χ1v) is 8.64. The fourth-order valence-electron chi connectivity index (χ4n) is 3.20. The van der Waals surface area contributed by atoms with Gasteiger partial charge in [0, 0.05) is 46.3 Å². The first-order valence-electron chi connectivity index (χ1n) is 8.64. The summed E-state index contributed by atoms with van der Waals surface area (Å²) in [5, 5.41) is 3.17. The molecule has 0 unspecified atom stereocenters. The highest BCUT2D eigenvalue weighted by Gasteiger charge is 2.35. The first-order chi connectivity index (χ1) is 11.4. The number of hydrogen-bond acceptors (Lipinski definition) is 4. The Hall–Kier alpha value is -1.83. The molecule has 0 radical (unpaired) electrons. The molecule has 2 heterocycles. The zero-order valence-electron chi connectivity index (χ0n) is 15.0. The molecule has 0 atom stereocenters. The maximum absolute atomic E-state index is 12.1. The monoisotopic (exact) mass is 338 g/mol. The predicted molar refractivity (Wildman–Crippen MR) is 93.6 cm³/mol. The molecular formula is C16H30N6O2. The number of carbonyl (C=O) groups is 2. The van der Waals surface area contributed by atoms with Crippen LogP contribution in [0.25, 0.3) is 0 Å². The van der Waals surface area contributed by atoms with Crippen molar-refractivity contribution in [2.45, 2.75) is 32.2 Å². The van der Waals surface area contributed by atoms with Crippen LogP contribution in [0, 0.1) is 0 Å². The number of nitrogens with two attached hydrogens (primary N) is 1. The van der Waals surface area contributed by atoms with E-state index in [1.54, 1.807) is 7.05 Å². The molecule has 0 bridgehead atoms. The number of likely N-dealkylation sites (tertiary alicyclic amines) is 1. The van der Waals surface area contributed by atoms with Gasteiger partial charge in [0.25, 0.3) is 0 Å². The van der Waals surface area contributed by atoms with E-state index < -0.39 is 5.54 Å². The van der Waals surface area contributed by atoms with Crippen LogP contribution in [-0.2, 0) is 9.59 Å². The standard InChI is InChI=1S/C16H30N6O2/c1-16(2,14(17)24)22-10-8-21(9-11-22)15(18-3)19-12-13(23)20-6-4-5-7-20/h4-12H2,1-3H3,(H2,17,24)(H,18,19). The molecule has 0 aliphatic carbocycles. The second kappa shape index (κ2) is 7.83. The van der Waals surface area contributed by atoms with Gasteiger partial charge in [0.15, 0.2) is 5.96 Å². The van der Waals surface area contributed by atoms with Crippen molar-refractivity contribution in [3.05, 3.63) is 0 Å². The first kappa shape index (κ1) is 18.5. The molecule has 24 heavy (non-hydrogen) atoms. The van der Waals surface area contributed by atoms with Gasteiger partial charge in [-0.05, 0) is 26.7 Å². The summed E-state index contributed by atoms with van der Waals surface area (Å²) >= 11 is 0. The number of nitrogens with zero attached hydrogens (tertiary/aromatic N) is 4. The van der Waals surface area contributed by atoms with Crippen LogP contribution in [0.1, 0.15) is 26.7 Å². The Morgan fingerprint density at radius 2 is 1.62 bits per heavy atom. The number of amides is 2.